The molecule has 1 fully saturated rings. The van der Waals surface area contributed by atoms with Crippen molar-refractivity contribution in [2.24, 2.45) is 16.5 Å². The Morgan fingerprint density at radius 3 is 2.08 bits per heavy atom. The molecule has 1 aliphatic rings. The van der Waals surface area contributed by atoms with Crippen molar-refractivity contribution >= 4 is 43.9 Å². The molecule has 4 N–H and O–H groups in total. The minimum absolute atomic E-state index is 0. The van der Waals surface area contributed by atoms with E-state index in [1.807, 2.05) is 0 Å². The Kier molecular flexibility index (Phi) is 6.83. The fourth-order valence-electron chi connectivity index (χ4n) is 2.96. The number of carbonyl (C=O) groups is 1. The number of amides is 1. The number of rotatable bonds is 4. The van der Waals surface area contributed by atoms with Crippen LogP contribution in [0.15, 0.2) is 26.9 Å². The predicted octanol–water partition coefficient (Wildman–Crippen LogP) is 0.950. The van der Waals surface area contributed by atoms with Crippen LogP contribution >= 0.6 is 12.4 Å². The van der Waals surface area contributed by atoms with Crippen LogP contribution < -0.4 is 11.5 Å². The Hall–Kier alpha value is -1.65. The topological polar surface area (TPSA) is 150 Å². The Labute approximate surface area is 159 Å². The molecule has 0 unspecified atom stereocenters. The standard InChI is InChI=1S/C15H21N3O5S2.ClH/c1-9-7-13(25(22,23)10-5-3-4-6-10)12(24(2,20)21)8-11(9)14(19)18-15(16)17;/h7-8,10H,3-6H2,1-2H3,(H4,16,17,18,19);1H. The summed E-state index contributed by atoms with van der Waals surface area (Å²) in [4.78, 5) is 14.8. The van der Waals surface area contributed by atoms with Crippen molar-refractivity contribution in [3.8, 4) is 0 Å². The first-order valence-corrected chi connectivity index (χ1v) is 11.1. The van der Waals surface area contributed by atoms with Gasteiger partial charge >= 0.3 is 0 Å². The molecular weight excluding hydrogens is 402 g/mol. The van der Waals surface area contributed by atoms with Gasteiger partial charge < -0.3 is 11.5 Å². The molecule has 26 heavy (non-hydrogen) atoms. The molecule has 0 spiro atoms. The average Bonchev–Trinajstić information content (AvgIpc) is 2.99. The first kappa shape index (κ1) is 22.4. The highest BCUT2D eigenvalue weighted by Crippen LogP contribution is 2.34. The Morgan fingerprint density at radius 2 is 1.62 bits per heavy atom. The van der Waals surface area contributed by atoms with Crippen LogP contribution in [0.4, 0.5) is 0 Å². The molecular formula is C15H22ClN3O5S2. The normalized spacial score (nSPS) is 15.3. The molecule has 0 bridgehead atoms. The number of carbonyl (C=O) groups excluding carboxylic acids is 1. The lowest BCUT2D eigenvalue weighted by molar-refractivity contribution is 0.100. The molecule has 0 saturated heterocycles. The summed E-state index contributed by atoms with van der Waals surface area (Å²) in [5.41, 5.74) is 10.6. The molecule has 0 atom stereocenters. The minimum Gasteiger partial charge on any atom is -0.370 e. The van der Waals surface area contributed by atoms with Gasteiger partial charge in [0.1, 0.15) is 0 Å². The molecule has 1 aliphatic carbocycles. The number of hydrogen-bond acceptors (Lipinski definition) is 5. The number of guanidine groups is 1. The van der Waals surface area contributed by atoms with Gasteiger partial charge in [-0.3, -0.25) is 4.79 Å². The third-order valence-electron chi connectivity index (χ3n) is 4.20. The highest BCUT2D eigenvalue weighted by Gasteiger charge is 2.35. The van der Waals surface area contributed by atoms with E-state index in [-0.39, 0.29) is 22.9 Å². The van der Waals surface area contributed by atoms with Gasteiger partial charge in [0.05, 0.1) is 15.0 Å². The van der Waals surface area contributed by atoms with Gasteiger partial charge in [0, 0.05) is 11.8 Å². The lowest BCUT2D eigenvalue weighted by atomic mass is 10.1. The van der Waals surface area contributed by atoms with Crippen molar-refractivity contribution in [3.05, 3.63) is 23.3 Å². The van der Waals surface area contributed by atoms with Crippen LogP contribution in [0, 0.1) is 6.92 Å². The van der Waals surface area contributed by atoms with Gasteiger partial charge in [-0.25, -0.2) is 16.8 Å². The second-order valence-corrected chi connectivity index (χ2v) is 10.4. The summed E-state index contributed by atoms with van der Waals surface area (Å²) < 4.78 is 50.1. The zero-order chi connectivity index (χ0) is 19.0. The number of sulfone groups is 2. The average molecular weight is 424 g/mol. The van der Waals surface area contributed by atoms with Crippen LogP contribution in [-0.2, 0) is 19.7 Å². The highest BCUT2D eigenvalue weighted by molar-refractivity contribution is 7.94. The summed E-state index contributed by atoms with van der Waals surface area (Å²) in [5.74, 6) is -1.29. The minimum atomic E-state index is -3.89. The van der Waals surface area contributed by atoms with Crippen LogP contribution in [0.2, 0.25) is 0 Å². The van der Waals surface area contributed by atoms with Gasteiger partial charge in [0.2, 0.25) is 0 Å². The third kappa shape index (κ3) is 4.54. The van der Waals surface area contributed by atoms with E-state index >= 15 is 0 Å². The second kappa shape index (κ2) is 7.93. The van der Waals surface area contributed by atoms with Gasteiger partial charge in [-0.15, -0.1) is 12.4 Å². The van der Waals surface area contributed by atoms with E-state index in [1.54, 1.807) is 0 Å². The summed E-state index contributed by atoms with van der Waals surface area (Å²) in [6.07, 6.45) is 3.48. The van der Waals surface area contributed by atoms with E-state index in [2.05, 4.69) is 4.99 Å². The molecule has 1 saturated carbocycles. The van der Waals surface area contributed by atoms with Crippen molar-refractivity contribution < 1.29 is 21.6 Å². The monoisotopic (exact) mass is 423 g/mol. The molecule has 11 heteroatoms. The predicted molar refractivity (Wildman–Crippen MR) is 101 cm³/mol. The number of benzene rings is 1. The lowest BCUT2D eigenvalue weighted by Crippen LogP contribution is -2.25. The lowest BCUT2D eigenvalue weighted by Gasteiger charge is -2.16. The van der Waals surface area contributed by atoms with E-state index in [9.17, 15) is 21.6 Å². The molecule has 1 amide bonds. The van der Waals surface area contributed by atoms with Crippen LogP contribution in [0.1, 0.15) is 41.6 Å². The van der Waals surface area contributed by atoms with Crippen LogP contribution in [0.5, 0.6) is 0 Å². The van der Waals surface area contributed by atoms with Crippen molar-refractivity contribution in [2.75, 3.05) is 6.26 Å². The number of halogens is 1. The zero-order valence-corrected chi connectivity index (χ0v) is 16.9. The van der Waals surface area contributed by atoms with Gasteiger partial charge in [-0.05, 0) is 37.5 Å². The van der Waals surface area contributed by atoms with E-state index in [0.717, 1.165) is 25.2 Å². The largest absolute Gasteiger partial charge is 0.370 e. The number of aryl methyl sites for hydroxylation is 1. The van der Waals surface area contributed by atoms with Crippen molar-refractivity contribution in [1.29, 1.82) is 0 Å². The summed E-state index contributed by atoms with van der Waals surface area (Å²) in [6, 6.07) is 2.26. The fourth-order valence-corrected chi connectivity index (χ4v) is 6.51. The molecule has 146 valence electrons. The molecule has 8 nitrogen and oxygen atoms in total. The Balaban J connectivity index is 0.00000338. The maximum Gasteiger partial charge on any atom is 0.280 e. The number of nitrogens with zero attached hydrogens (tertiary/aromatic N) is 1. The van der Waals surface area contributed by atoms with Crippen molar-refractivity contribution in [3.63, 3.8) is 0 Å². The maximum absolute atomic E-state index is 12.9. The second-order valence-electron chi connectivity index (χ2n) is 6.18. The molecule has 0 aliphatic heterocycles. The van der Waals surface area contributed by atoms with Crippen molar-refractivity contribution in [2.45, 2.75) is 47.6 Å². The van der Waals surface area contributed by atoms with E-state index in [4.69, 9.17) is 11.5 Å². The first-order chi connectivity index (χ1) is 11.4. The summed E-state index contributed by atoms with van der Waals surface area (Å²) in [6.45, 7) is 1.51. The Bertz CT molecular complexity index is 946. The van der Waals surface area contributed by atoms with Gasteiger partial charge in [0.15, 0.2) is 25.6 Å². The molecule has 0 radical (unpaired) electrons. The van der Waals surface area contributed by atoms with Crippen LogP contribution in [-0.4, -0.2) is 40.2 Å². The fraction of sp³-hybridized carbons (Fsp3) is 0.467. The maximum atomic E-state index is 12.9. The SMILES string of the molecule is Cc1cc(S(=O)(=O)C2CCCC2)c(S(C)(=O)=O)cc1C(=O)N=C(N)N.Cl. The van der Waals surface area contributed by atoms with Gasteiger partial charge in [0.25, 0.3) is 5.91 Å². The summed E-state index contributed by atoms with van der Waals surface area (Å²) in [5, 5.41) is -0.605. The molecule has 0 heterocycles. The zero-order valence-electron chi connectivity index (χ0n) is 14.4. The van der Waals surface area contributed by atoms with Crippen LogP contribution in [0.25, 0.3) is 0 Å². The Morgan fingerprint density at radius 1 is 1.08 bits per heavy atom. The van der Waals surface area contributed by atoms with Gasteiger partial charge in [-0.2, -0.15) is 4.99 Å². The number of aliphatic imine (C=N–C) groups is 1. The van der Waals surface area contributed by atoms with E-state index < -0.39 is 41.7 Å². The summed E-state index contributed by atoms with van der Waals surface area (Å²) >= 11 is 0. The number of nitrogens with two attached hydrogens (primary N) is 2. The van der Waals surface area contributed by atoms with Crippen LogP contribution in [0.3, 0.4) is 0 Å². The molecule has 2 rings (SSSR count). The number of hydrogen-bond donors (Lipinski definition) is 2. The molecule has 1 aromatic carbocycles. The van der Waals surface area contributed by atoms with E-state index in [1.165, 1.54) is 13.0 Å². The quantitative estimate of drug-likeness (QED) is 0.540. The van der Waals surface area contributed by atoms with Crippen molar-refractivity contribution in [1.82, 2.24) is 0 Å². The summed E-state index contributed by atoms with van der Waals surface area (Å²) in [7, 11) is -7.71. The highest BCUT2D eigenvalue weighted by atomic mass is 35.5. The van der Waals surface area contributed by atoms with Gasteiger partial charge in [-0.1, -0.05) is 12.8 Å². The van der Waals surface area contributed by atoms with E-state index in [0.29, 0.717) is 18.4 Å². The molecule has 0 aromatic heterocycles. The smallest absolute Gasteiger partial charge is 0.280 e. The molecule has 1 aromatic rings. The third-order valence-corrected chi connectivity index (χ3v) is 7.76. The first-order valence-electron chi connectivity index (χ1n) is 7.67.